The van der Waals surface area contributed by atoms with Crippen LogP contribution >= 0.6 is 19.5 Å². The molecule has 0 radical (unpaired) electrons. The lowest BCUT2D eigenvalue weighted by atomic mass is 10.2. The van der Waals surface area contributed by atoms with Crippen molar-refractivity contribution in [3.8, 4) is 0 Å². The molecular weight excluding hydrogens is 395 g/mol. The van der Waals surface area contributed by atoms with Gasteiger partial charge < -0.3 is 0 Å². The van der Waals surface area contributed by atoms with Crippen LogP contribution in [0.1, 0.15) is 26.7 Å². The van der Waals surface area contributed by atoms with E-state index in [9.17, 15) is 9.36 Å². The monoisotopic (exact) mass is 420 g/mol. The fraction of sp³-hybridized carbons (Fsp3) is 0.350. The zero-order valence-electron chi connectivity index (χ0n) is 16.1. The molecule has 0 aliphatic carbocycles. The quantitative estimate of drug-likeness (QED) is 0.551. The van der Waals surface area contributed by atoms with Gasteiger partial charge >= 0.3 is 7.75 Å². The number of anilines is 2. The minimum Gasteiger partial charge on any atom is -0.297 e. The molecule has 1 aliphatic heterocycles. The lowest BCUT2D eigenvalue weighted by Crippen LogP contribution is -2.36. The number of fused-ring (bicyclic) bond motifs is 2. The third-order valence-corrected chi connectivity index (χ3v) is 6.76. The Hall–Kier alpha value is -1.63. The van der Waals surface area contributed by atoms with Gasteiger partial charge in [-0.2, -0.15) is 0 Å². The molecule has 28 heavy (non-hydrogen) atoms. The summed E-state index contributed by atoms with van der Waals surface area (Å²) in [7, 11) is -3.53. The van der Waals surface area contributed by atoms with E-state index >= 15 is 0 Å². The summed E-state index contributed by atoms with van der Waals surface area (Å²) in [5.41, 5.74) is 1.63. The van der Waals surface area contributed by atoms with E-state index in [0.717, 1.165) is 21.2 Å². The first-order chi connectivity index (χ1) is 13.6. The van der Waals surface area contributed by atoms with Gasteiger partial charge in [-0.25, -0.2) is 9.65 Å². The van der Waals surface area contributed by atoms with Crippen LogP contribution in [0.15, 0.2) is 58.3 Å². The summed E-state index contributed by atoms with van der Waals surface area (Å²) in [4.78, 5) is 16.8. The molecule has 0 unspecified atom stereocenters. The fourth-order valence-corrected chi connectivity index (χ4v) is 5.26. The Labute approximate surface area is 170 Å². The third kappa shape index (κ3) is 4.85. The molecule has 1 N–H and O–H groups in total. The van der Waals surface area contributed by atoms with Crippen molar-refractivity contribution in [2.45, 2.75) is 36.5 Å². The third-order valence-electron chi connectivity index (χ3n) is 4.04. The van der Waals surface area contributed by atoms with Crippen LogP contribution in [0.4, 0.5) is 11.4 Å². The minimum atomic E-state index is -3.53. The van der Waals surface area contributed by atoms with Gasteiger partial charge in [0, 0.05) is 9.79 Å². The van der Waals surface area contributed by atoms with Gasteiger partial charge in [0.15, 0.2) is 0 Å². The topological polar surface area (TPSA) is 67.9 Å². The van der Waals surface area contributed by atoms with E-state index in [1.54, 1.807) is 16.7 Å². The summed E-state index contributed by atoms with van der Waals surface area (Å²) in [6.07, 6.45) is 1.42. The Morgan fingerprint density at radius 1 is 0.964 bits per heavy atom. The smallest absolute Gasteiger partial charge is 0.297 e. The molecule has 0 saturated heterocycles. The molecule has 2 aromatic carbocycles. The molecule has 0 aromatic heterocycles. The van der Waals surface area contributed by atoms with Gasteiger partial charge in [0.2, 0.25) is 5.91 Å². The zero-order valence-corrected chi connectivity index (χ0v) is 17.8. The number of hydrogen-bond acceptors (Lipinski definition) is 5. The summed E-state index contributed by atoms with van der Waals surface area (Å²) in [6.45, 7) is 4.30. The Kier molecular flexibility index (Phi) is 7.32. The molecule has 0 saturated carbocycles. The van der Waals surface area contributed by atoms with Crippen LogP contribution in [-0.4, -0.2) is 25.7 Å². The standard InChI is InChI=1S/C20H25N2O4PS/c1-3-13-25-27(24,26-14-4-2)21-15-20(23)22-16-9-5-7-11-18(16)28-19-12-8-6-10-17(19)22/h5-12H,3-4,13-15H2,1-2H3,(H,21,24). The highest BCUT2D eigenvalue weighted by Gasteiger charge is 2.30. The van der Waals surface area contributed by atoms with Crippen molar-refractivity contribution in [3.05, 3.63) is 48.5 Å². The van der Waals surface area contributed by atoms with Crippen molar-refractivity contribution in [2.75, 3.05) is 24.7 Å². The SMILES string of the molecule is CCCOP(=O)(NCC(=O)N1c2ccccc2Sc2ccccc21)OCCC. The van der Waals surface area contributed by atoms with Gasteiger partial charge in [0.05, 0.1) is 31.1 Å². The van der Waals surface area contributed by atoms with Gasteiger partial charge in [0.25, 0.3) is 0 Å². The van der Waals surface area contributed by atoms with Crippen LogP contribution in [0.5, 0.6) is 0 Å². The second-order valence-corrected chi connectivity index (χ2v) is 9.18. The zero-order chi connectivity index (χ0) is 20.0. The number of carbonyl (C=O) groups is 1. The maximum absolute atomic E-state index is 13.1. The normalized spacial score (nSPS) is 13.1. The molecule has 0 bridgehead atoms. The van der Waals surface area contributed by atoms with Gasteiger partial charge in [0.1, 0.15) is 0 Å². The number of nitrogens with one attached hydrogen (secondary N) is 1. The van der Waals surface area contributed by atoms with Crippen molar-refractivity contribution in [2.24, 2.45) is 0 Å². The van der Waals surface area contributed by atoms with Crippen molar-refractivity contribution in [1.29, 1.82) is 0 Å². The van der Waals surface area contributed by atoms with E-state index < -0.39 is 7.75 Å². The summed E-state index contributed by atoms with van der Waals surface area (Å²) in [5.74, 6) is -0.222. The van der Waals surface area contributed by atoms with Gasteiger partial charge in [-0.15, -0.1) is 0 Å². The highest BCUT2D eigenvalue weighted by Crippen LogP contribution is 2.48. The number of carbonyl (C=O) groups excluding carboxylic acids is 1. The number of para-hydroxylation sites is 2. The Morgan fingerprint density at radius 2 is 1.46 bits per heavy atom. The molecule has 1 aliphatic rings. The highest BCUT2D eigenvalue weighted by atomic mass is 32.2. The first-order valence-electron chi connectivity index (χ1n) is 9.41. The summed E-state index contributed by atoms with van der Waals surface area (Å²) in [5, 5.41) is 2.74. The lowest BCUT2D eigenvalue weighted by Gasteiger charge is -2.31. The van der Waals surface area contributed by atoms with Crippen LogP contribution in [-0.2, 0) is 18.4 Å². The van der Waals surface area contributed by atoms with Crippen molar-refractivity contribution in [3.63, 3.8) is 0 Å². The second-order valence-electron chi connectivity index (χ2n) is 6.27. The minimum absolute atomic E-state index is 0.155. The summed E-state index contributed by atoms with van der Waals surface area (Å²) >= 11 is 1.63. The number of rotatable bonds is 9. The number of amides is 1. The average molecular weight is 420 g/mol. The molecule has 0 fully saturated rings. The van der Waals surface area contributed by atoms with Gasteiger partial charge in [-0.05, 0) is 37.1 Å². The maximum atomic E-state index is 13.1. The molecule has 8 heteroatoms. The predicted octanol–water partition coefficient (Wildman–Crippen LogP) is 5.37. The molecule has 1 heterocycles. The van der Waals surface area contributed by atoms with Crippen molar-refractivity contribution < 1.29 is 18.4 Å². The highest BCUT2D eigenvalue weighted by molar-refractivity contribution is 7.99. The van der Waals surface area contributed by atoms with E-state index in [0.29, 0.717) is 26.1 Å². The number of benzene rings is 2. The lowest BCUT2D eigenvalue weighted by molar-refractivity contribution is -0.117. The fourth-order valence-electron chi connectivity index (χ4n) is 2.77. The summed E-state index contributed by atoms with van der Waals surface area (Å²) in [6, 6.07) is 15.5. The molecule has 1 amide bonds. The second kappa shape index (κ2) is 9.72. The van der Waals surface area contributed by atoms with E-state index in [4.69, 9.17) is 9.05 Å². The molecular formula is C20H25N2O4PS. The van der Waals surface area contributed by atoms with E-state index in [1.165, 1.54) is 0 Å². The predicted molar refractivity (Wildman–Crippen MR) is 112 cm³/mol. The Morgan fingerprint density at radius 3 is 1.96 bits per heavy atom. The van der Waals surface area contributed by atoms with Crippen LogP contribution in [0.2, 0.25) is 0 Å². The molecule has 2 aromatic rings. The van der Waals surface area contributed by atoms with Crippen molar-refractivity contribution in [1.82, 2.24) is 5.09 Å². The van der Waals surface area contributed by atoms with Gasteiger partial charge in [-0.3, -0.25) is 18.7 Å². The summed E-state index contributed by atoms with van der Waals surface area (Å²) < 4.78 is 23.7. The number of nitrogens with zero attached hydrogens (tertiary/aromatic N) is 1. The van der Waals surface area contributed by atoms with Crippen LogP contribution in [0.25, 0.3) is 0 Å². The van der Waals surface area contributed by atoms with Crippen molar-refractivity contribution >= 4 is 36.8 Å². The van der Waals surface area contributed by atoms with Crippen LogP contribution in [0, 0.1) is 0 Å². The molecule has 3 rings (SSSR count). The molecule has 6 nitrogen and oxygen atoms in total. The first kappa shape index (κ1) is 21.1. The van der Waals surface area contributed by atoms with E-state index in [-0.39, 0.29) is 12.5 Å². The first-order valence-corrected chi connectivity index (χ1v) is 11.8. The van der Waals surface area contributed by atoms with Crippen LogP contribution in [0.3, 0.4) is 0 Å². The molecule has 150 valence electrons. The maximum Gasteiger partial charge on any atom is 0.405 e. The average Bonchev–Trinajstić information content (AvgIpc) is 2.73. The Bertz CT molecular complexity index is 819. The largest absolute Gasteiger partial charge is 0.405 e. The molecule has 0 atom stereocenters. The number of hydrogen-bond donors (Lipinski definition) is 1. The van der Waals surface area contributed by atoms with Gasteiger partial charge in [-0.1, -0.05) is 49.9 Å². The van der Waals surface area contributed by atoms with E-state index in [1.807, 2.05) is 62.4 Å². The molecule has 0 spiro atoms. The van der Waals surface area contributed by atoms with Crippen LogP contribution < -0.4 is 9.99 Å². The Balaban J connectivity index is 1.81. The van der Waals surface area contributed by atoms with E-state index in [2.05, 4.69) is 5.09 Å².